The Kier molecular flexibility index (Phi) is 8.73. The molecule has 0 radical (unpaired) electrons. The Labute approximate surface area is 211 Å². The van der Waals surface area contributed by atoms with Gasteiger partial charge in [0, 0.05) is 44.5 Å². The van der Waals surface area contributed by atoms with Crippen LogP contribution in [-0.4, -0.2) is 51.7 Å². The standard InChI is InChI=1S/C26H31Cl2N3O3/c27-24-8-7-23(18-25(24)28)34-20-26(32)9-2-12-30(15-10-26)19-21-5-1-6-22(17-21)33-16-4-14-31-13-3-11-29-31/h1,3,5-8,11,13,17-18,32H,2,4,9-10,12,14-16,19-20H2/t26-/m1/s1. The van der Waals surface area contributed by atoms with E-state index in [1.807, 2.05) is 29.1 Å². The molecule has 34 heavy (non-hydrogen) atoms. The van der Waals surface area contributed by atoms with Crippen LogP contribution in [0.15, 0.2) is 60.9 Å². The van der Waals surface area contributed by atoms with Gasteiger partial charge in [0.25, 0.3) is 0 Å². The molecule has 0 spiro atoms. The lowest BCUT2D eigenvalue weighted by Gasteiger charge is -2.27. The fourth-order valence-electron chi connectivity index (χ4n) is 4.16. The molecule has 1 aliphatic rings. The first-order valence-corrected chi connectivity index (χ1v) is 12.5. The van der Waals surface area contributed by atoms with Gasteiger partial charge in [0.2, 0.25) is 0 Å². The number of rotatable bonds is 10. The van der Waals surface area contributed by atoms with Crippen LogP contribution in [0.25, 0.3) is 0 Å². The van der Waals surface area contributed by atoms with Gasteiger partial charge in [0.1, 0.15) is 18.1 Å². The summed E-state index contributed by atoms with van der Waals surface area (Å²) in [4.78, 5) is 2.38. The SMILES string of the molecule is O[C@]1(COc2ccc(Cl)c(Cl)c2)CCCN(Cc2cccc(OCCCn3cccn3)c2)CC1. The zero-order chi connectivity index (χ0) is 23.8. The number of benzene rings is 2. The summed E-state index contributed by atoms with van der Waals surface area (Å²) < 4.78 is 13.7. The number of aryl methyl sites for hydroxylation is 1. The van der Waals surface area contributed by atoms with Crippen LogP contribution < -0.4 is 9.47 Å². The Morgan fingerprint density at radius 1 is 0.971 bits per heavy atom. The van der Waals surface area contributed by atoms with Gasteiger partial charge in [-0.3, -0.25) is 9.58 Å². The van der Waals surface area contributed by atoms with Crippen molar-refractivity contribution in [3.63, 3.8) is 0 Å². The Morgan fingerprint density at radius 2 is 1.85 bits per heavy atom. The zero-order valence-corrected chi connectivity index (χ0v) is 20.7. The van der Waals surface area contributed by atoms with Crippen LogP contribution in [0.5, 0.6) is 11.5 Å². The number of hydrogen-bond donors (Lipinski definition) is 1. The minimum atomic E-state index is -0.861. The molecule has 0 amide bonds. The van der Waals surface area contributed by atoms with E-state index >= 15 is 0 Å². The maximum Gasteiger partial charge on any atom is 0.121 e. The first-order chi connectivity index (χ1) is 16.5. The van der Waals surface area contributed by atoms with Crippen molar-refractivity contribution in [1.29, 1.82) is 0 Å². The maximum atomic E-state index is 11.1. The third-order valence-corrected chi connectivity index (χ3v) is 6.81. The smallest absolute Gasteiger partial charge is 0.121 e. The fourth-order valence-corrected chi connectivity index (χ4v) is 4.45. The number of aromatic nitrogens is 2. The highest BCUT2D eigenvalue weighted by Crippen LogP contribution is 2.29. The molecule has 1 N–H and O–H groups in total. The lowest BCUT2D eigenvalue weighted by molar-refractivity contribution is -0.0168. The largest absolute Gasteiger partial charge is 0.494 e. The molecule has 182 valence electrons. The molecule has 3 aromatic rings. The first kappa shape index (κ1) is 24.9. The van der Waals surface area contributed by atoms with Gasteiger partial charge in [-0.15, -0.1) is 0 Å². The molecular formula is C26H31Cl2N3O3. The Morgan fingerprint density at radius 3 is 2.68 bits per heavy atom. The molecule has 4 rings (SSSR count). The fraction of sp³-hybridized carbons (Fsp3) is 0.423. The third kappa shape index (κ3) is 7.37. The van der Waals surface area contributed by atoms with Gasteiger partial charge in [-0.2, -0.15) is 5.10 Å². The van der Waals surface area contributed by atoms with E-state index in [-0.39, 0.29) is 6.61 Å². The zero-order valence-electron chi connectivity index (χ0n) is 19.2. The minimum absolute atomic E-state index is 0.237. The van der Waals surface area contributed by atoms with Crippen molar-refractivity contribution in [3.05, 3.63) is 76.5 Å². The quantitative estimate of drug-likeness (QED) is 0.372. The topological polar surface area (TPSA) is 59.8 Å². The Hall–Kier alpha value is -2.25. The number of nitrogens with zero attached hydrogens (tertiary/aromatic N) is 3. The van der Waals surface area contributed by atoms with Crippen molar-refractivity contribution in [3.8, 4) is 11.5 Å². The van der Waals surface area contributed by atoms with Crippen molar-refractivity contribution in [2.75, 3.05) is 26.3 Å². The summed E-state index contributed by atoms with van der Waals surface area (Å²) in [6, 6.07) is 15.4. The van der Waals surface area contributed by atoms with E-state index in [1.54, 1.807) is 24.4 Å². The van der Waals surface area contributed by atoms with E-state index in [9.17, 15) is 5.11 Å². The van der Waals surface area contributed by atoms with Gasteiger partial charge in [0.15, 0.2) is 0 Å². The highest BCUT2D eigenvalue weighted by atomic mass is 35.5. The predicted octanol–water partition coefficient (Wildman–Crippen LogP) is 5.46. The second-order valence-electron chi connectivity index (χ2n) is 8.84. The third-order valence-electron chi connectivity index (χ3n) is 6.07. The predicted molar refractivity (Wildman–Crippen MR) is 135 cm³/mol. The summed E-state index contributed by atoms with van der Waals surface area (Å²) in [6.07, 6.45) is 6.91. The molecule has 2 heterocycles. The van der Waals surface area contributed by atoms with Crippen LogP contribution in [0.3, 0.4) is 0 Å². The summed E-state index contributed by atoms with van der Waals surface area (Å²) in [5.41, 5.74) is 0.350. The number of aliphatic hydroxyl groups is 1. The molecule has 6 nitrogen and oxygen atoms in total. The molecule has 1 atom stereocenters. The molecule has 2 aromatic carbocycles. The van der Waals surface area contributed by atoms with Crippen molar-refractivity contribution >= 4 is 23.2 Å². The van der Waals surface area contributed by atoms with Crippen molar-refractivity contribution in [1.82, 2.24) is 14.7 Å². The lowest BCUT2D eigenvalue weighted by Crippen LogP contribution is -2.37. The summed E-state index contributed by atoms with van der Waals surface area (Å²) in [5, 5.41) is 16.3. The Balaban J connectivity index is 1.23. The molecule has 0 aliphatic carbocycles. The monoisotopic (exact) mass is 503 g/mol. The van der Waals surface area contributed by atoms with E-state index in [0.29, 0.717) is 35.2 Å². The highest BCUT2D eigenvalue weighted by Gasteiger charge is 2.31. The van der Waals surface area contributed by atoms with E-state index in [1.165, 1.54) is 5.56 Å². The van der Waals surface area contributed by atoms with Gasteiger partial charge < -0.3 is 14.6 Å². The number of halogens is 2. The van der Waals surface area contributed by atoms with Gasteiger partial charge in [-0.1, -0.05) is 35.3 Å². The summed E-state index contributed by atoms with van der Waals surface area (Å²) in [6.45, 7) is 4.30. The van der Waals surface area contributed by atoms with Gasteiger partial charge >= 0.3 is 0 Å². The van der Waals surface area contributed by atoms with Crippen LogP contribution in [0.1, 0.15) is 31.2 Å². The van der Waals surface area contributed by atoms with Crippen LogP contribution in [0, 0.1) is 0 Å². The van der Waals surface area contributed by atoms with E-state index < -0.39 is 5.60 Å². The molecule has 8 heteroatoms. The molecule has 1 fully saturated rings. The molecule has 1 saturated heterocycles. The number of ether oxygens (including phenoxy) is 2. The van der Waals surface area contributed by atoms with Crippen LogP contribution in [-0.2, 0) is 13.1 Å². The van der Waals surface area contributed by atoms with Crippen molar-refractivity contribution < 1.29 is 14.6 Å². The molecule has 1 aliphatic heterocycles. The van der Waals surface area contributed by atoms with Crippen molar-refractivity contribution in [2.24, 2.45) is 0 Å². The van der Waals surface area contributed by atoms with Gasteiger partial charge in [-0.05, 0) is 61.7 Å². The lowest BCUT2D eigenvalue weighted by atomic mass is 9.96. The number of hydrogen-bond acceptors (Lipinski definition) is 5. The average molecular weight is 504 g/mol. The van der Waals surface area contributed by atoms with Crippen LogP contribution in [0.4, 0.5) is 0 Å². The van der Waals surface area contributed by atoms with E-state index in [4.69, 9.17) is 32.7 Å². The highest BCUT2D eigenvalue weighted by molar-refractivity contribution is 6.42. The van der Waals surface area contributed by atoms with Crippen molar-refractivity contribution in [2.45, 2.75) is 44.4 Å². The minimum Gasteiger partial charge on any atom is -0.494 e. The maximum absolute atomic E-state index is 11.1. The first-order valence-electron chi connectivity index (χ1n) is 11.7. The average Bonchev–Trinajstić information content (AvgIpc) is 3.28. The second-order valence-corrected chi connectivity index (χ2v) is 9.65. The summed E-state index contributed by atoms with van der Waals surface area (Å²) in [7, 11) is 0. The van der Waals surface area contributed by atoms with E-state index in [2.05, 4.69) is 22.1 Å². The molecule has 0 unspecified atom stereocenters. The van der Waals surface area contributed by atoms with Crippen LogP contribution in [0.2, 0.25) is 10.0 Å². The van der Waals surface area contributed by atoms with E-state index in [0.717, 1.165) is 44.8 Å². The summed E-state index contributed by atoms with van der Waals surface area (Å²) in [5.74, 6) is 1.50. The molecular weight excluding hydrogens is 473 g/mol. The Bertz CT molecular complexity index is 1050. The van der Waals surface area contributed by atoms with Gasteiger partial charge in [-0.25, -0.2) is 0 Å². The molecule has 0 bridgehead atoms. The molecule has 1 aromatic heterocycles. The summed E-state index contributed by atoms with van der Waals surface area (Å²) >= 11 is 12.0. The van der Waals surface area contributed by atoms with Crippen LogP contribution >= 0.6 is 23.2 Å². The molecule has 0 saturated carbocycles. The number of likely N-dealkylation sites (tertiary alicyclic amines) is 1. The second kappa shape index (κ2) is 11.9. The normalized spacial score (nSPS) is 19.0. The van der Waals surface area contributed by atoms with Gasteiger partial charge in [0.05, 0.1) is 22.3 Å².